The SMILES string of the molecule is COc1ccc(S(=O)(=O)N2CCC[C@H](C(=O)NCCC(=O)[O-])C2)cc1. The Morgan fingerprint density at radius 2 is 2.00 bits per heavy atom. The van der Waals surface area contributed by atoms with Crippen molar-refractivity contribution in [3.8, 4) is 5.75 Å². The average molecular weight is 369 g/mol. The fraction of sp³-hybridized carbons (Fsp3) is 0.500. The van der Waals surface area contributed by atoms with E-state index in [2.05, 4.69) is 5.32 Å². The fourth-order valence-corrected chi connectivity index (χ4v) is 4.23. The first-order valence-corrected chi connectivity index (χ1v) is 9.40. The molecule has 1 saturated heterocycles. The minimum Gasteiger partial charge on any atom is -0.550 e. The smallest absolute Gasteiger partial charge is 0.243 e. The van der Waals surface area contributed by atoms with Gasteiger partial charge in [0.05, 0.1) is 17.9 Å². The van der Waals surface area contributed by atoms with Crippen molar-refractivity contribution in [1.82, 2.24) is 9.62 Å². The van der Waals surface area contributed by atoms with Crippen molar-refractivity contribution < 1.29 is 27.9 Å². The number of carboxylic acid groups (broad SMARTS) is 1. The van der Waals surface area contributed by atoms with Crippen LogP contribution in [0.1, 0.15) is 19.3 Å². The van der Waals surface area contributed by atoms with Crippen LogP contribution in [0.15, 0.2) is 29.2 Å². The molecule has 8 nitrogen and oxygen atoms in total. The van der Waals surface area contributed by atoms with Gasteiger partial charge in [-0.2, -0.15) is 4.31 Å². The first-order chi connectivity index (χ1) is 11.8. The summed E-state index contributed by atoms with van der Waals surface area (Å²) in [6.45, 7) is 0.394. The molecule has 1 fully saturated rings. The zero-order chi connectivity index (χ0) is 18.4. The number of carbonyl (C=O) groups excluding carboxylic acids is 2. The van der Waals surface area contributed by atoms with E-state index in [1.54, 1.807) is 12.1 Å². The molecule has 1 aromatic carbocycles. The predicted octanol–water partition coefficient (Wildman–Crippen LogP) is -0.648. The number of aliphatic carboxylic acids is 1. The third kappa shape index (κ3) is 4.93. The molecule has 1 heterocycles. The number of carbonyl (C=O) groups is 2. The molecular weight excluding hydrogens is 348 g/mol. The van der Waals surface area contributed by atoms with Crippen molar-refractivity contribution in [3.05, 3.63) is 24.3 Å². The number of amides is 1. The second-order valence-corrected chi connectivity index (χ2v) is 7.73. The van der Waals surface area contributed by atoms with Gasteiger partial charge >= 0.3 is 0 Å². The number of benzene rings is 1. The first-order valence-electron chi connectivity index (χ1n) is 7.96. The molecule has 0 aromatic heterocycles. The summed E-state index contributed by atoms with van der Waals surface area (Å²) in [4.78, 5) is 22.6. The van der Waals surface area contributed by atoms with E-state index in [1.165, 1.54) is 23.5 Å². The van der Waals surface area contributed by atoms with E-state index in [9.17, 15) is 23.1 Å². The summed E-state index contributed by atoms with van der Waals surface area (Å²) in [5.74, 6) is -1.52. The Morgan fingerprint density at radius 1 is 1.32 bits per heavy atom. The van der Waals surface area contributed by atoms with Crippen molar-refractivity contribution >= 4 is 21.9 Å². The van der Waals surface area contributed by atoms with Crippen LogP contribution < -0.4 is 15.2 Å². The number of carboxylic acids is 1. The molecule has 1 amide bonds. The molecule has 138 valence electrons. The van der Waals surface area contributed by atoms with E-state index < -0.39 is 21.9 Å². The van der Waals surface area contributed by atoms with Gasteiger partial charge in [0.1, 0.15) is 5.75 Å². The van der Waals surface area contributed by atoms with Gasteiger partial charge in [-0.1, -0.05) is 0 Å². The van der Waals surface area contributed by atoms with Crippen LogP contribution in [0, 0.1) is 5.92 Å². The Kier molecular flexibility index (Phi) is 6.38. The standard InChI is InChI=1S/C16H22N2O6S/c1-24-13-4-6-14(7-5-13)25(22,23)18-10-2-3-12(11-18)16(21)17-9-8-15(19)20/h4-7,12H,2-3,8-11H2,1H3,(H,17,21)(H,19,20)/p-1/t12-/m0/s1. The highest BCUT2D eigenvalue weighted by atomic mass is 32.2. The Balaban J connectivity index is 2.03. The number of hydrogen-bond donors (Lipinski definition) is 1. The zero-order valence-electron chi connectivity index (χ0n) is 13.9. The molecular formula is C16H21N2O6S-. The number of nitrogens with zero attached hydrogens (tertiary/aromatic N) is 1. The normalized spacial score (nSPS) is 18.5. The van der Waals surface area contributed by atoms with Crippen molar-refractivity contribution in [2.45, 2.75) is 24.2 Å². The summed E-state index contributed by atoms with van der Waals surface area (Å²) >= 11 is 0. The van der Waals surface area contributed by atoms with E-state index in [0.29, 0.717) is 25.1 Å². The summed E-state index contributed by atoms with van der Waals surface area (Å²) in [7, 11) is -2.20. The van der Waals surface area contributed by atoms with E-state index in [1.807, 2.05) is 0 Å². The summed E-state index contributed by atoms with van der Waals surface area (Å²) in [5.41, 5.74) is 0. The zero-order valence-corrected chi connectivity index (χ0v) is 14.8. The van der Waals surface area contributed by atoms with Crippen molar-refractivity contribution in [2.75, 3.05) is 26.7 Å². The molecule has 1 aliphatic rings. The molecule has 0 spiro atoms. The van der Waals surface area contributed by atoms with Crippen LogP contribution in [0.25, 0.3) is 0 Å². The van der Waals surface area contributed by atoms with Crippen LogP contribution in [0.3, 0.4) is 0 Å². The van der Waals surface area contributed by atoms with Crippen molar-refractivity contribution in [3.63, 3.8) is 0 Å². The minimum absolute atomic E-state index is 0.0249. The summed E-state index contributed by atoms with van der Waals surface area (Å²) in [6, 6.07) is 6.08. The van der Waals surface area contributed by atoms with Gasteiger partial charge in [0.2, 0.25) is 15.9 Å². The molecule has 0 bridgehead atoms. The Bertz CT molecular complexity index is 717. The van der Waals surface area contributed by atoms with Gasteiger partial charge in [0, 0.05) is 32.0 Å². The van der Waals surface area contributed by atoms with Crippen LogP contribution >= 0.6 is 0 Å². The third-order valence-electron chi connectivity index (χ3n) is 4.08. The number of methoxy groups -OCH3 is 1. The van der Waals surface area contributed by atoms with E-state index in [-0.39, 0.29) is 30.3 Å². The maximum Gasteiger partial charge on any atom is 0.243 e. The van der Waals surface area contributed by atoms with Gasteiger partial charge in [0.15, 0.2) is 0 Å². The summed E-state index contributed by atoms with van der Waals surface area (Å²) in [6.07, 6.45) is 0.853. The molecule has 9 heteroatoms. The van der Waals surface area contributed by atoms with E-state index in [0.717, 1.165) is 0 Å². The molecule has 0 saturated carbocycles. The Morgan fingerprint density at radius 3 is 2.60 bits per heavy atom. The lowest BCUT2D eigenvalue weighted by Crippen LogP contribution is -2.45. The predicted molar refractivity (Wildman–Crippen MR) is 87.1 cm³/mol. The van der Waals surface area contributed by atoms with Gasteiger partial charge < -0.3 is 20.0 Å². The first kappa shape index (κ1) is 19.2. The summed E-state index contributed by atoms with van der Waals surface area (Å²) in [5, 5.41) is 12.9. The molecule has 2 rings (SSSR count). The second kappa shape index (κ2) is 8.30. The molecule has 1 atom stereocenters. The lowest BCUT2D eigenvalue weighted by molar-refractivity contribution is -0.305. The van der Waals surface area contributed by atoms with Gasteiger partial charge in [-0.15, -0.1) is 0 Å². The van der Waals surface area contributed by atoms with Crippen LogP contribution in [0.5, 0.6) is 5.75 Å². The number of rotatable bonds is 7. The molecule has 0 unspecified atom stereocenters. The van der Waals surface area contributed by atoms with Crippen molar-refractivity contribution in [1.29, 1.82) is 0 Å². The average Bonchev–Trinajstić information content (AvgIpc) is 2.61. The quantitative estimate of drug-likeness (QED) is 0.683. The maximum absolute atomic E-state index is 12.7. The van der Waals surface area contributed by atoms with Crippen LogP contribution in [0.4, 0.5) is 0 Å². The van der Waals surface area contributed by atoms with E-state index in [4.69, 9.17) is 4.74 Å². The Labute approximate surface area is 146 Å². The molecule has 25 heavy (non-hydrogen) atoms. The number of ether oxygens (including phenoxy) is 1. The number of piperidine rings is 1. The number of nitrogens with one attached hydrogen (secondary N) is 1. The summed E-state index contributed by atoms with van der Waals surface area (Å²) < 4.78 is 31.8. The Hall–Kier alpha value is -2.13. The third-order valence-corrected chi connectivity index (χ3v) is 5.96. The van der Waals surface area contributed by atoms with Crippen LogP contribution in [-0.4, -0.2) is 51.3 Å². The molecule has 1 N–H and O–H groups in total. The monoisotopic (exact) mass is 369 g/mol. The van der Waals surface area contributed by atoms with Gasteiger partial charge in [0.25, 0.3) is 0 Å². The highest BCUT2D eigenvalue weighted by molar-refractivity contribution is 7.89. The lowest BCUT2D eigenvalue weighted by atomic mass is 9.99. The van der Waals surface area contributed by atoms with E-state index >= 15 is 0 Å². The van der Waals surface area contributed by atoms with Gasteiger partial charge in [-0.25, -0.2) is 8.42 Å². The van der Waals surface area contributed by atoms with Crippen LogP contribution in [0.2, 0.25) is 0 Å². The number of hydrogen-bond acceptors (Lipinski definition) is 6. The highest BCUT2D eigenvalue weighted by Gasteiger charge is 2.33. The van der Waals surface area contributed by atoms with Gasteiger partial charge in [-0.05, 0) is 37.1 Å². The van der Waals surface area contributed by atoms with Gasteiger partial charge in [-0.3, -0.25) is 4.79 Å². The van der Waals surface area contributed by atoms with Crippen LogP contribution in [-0.2, 0) is 19.6 Å². The number of sulfonamides is 1. The topological polar surface area (TPSA) is 116 Å². The highest BCUT2D eigenvalue weighted by Crippen LogP contribution is 2.25. The lowest BCUT2D eigenvalue weighted by Gasteiger charge is -2.31. The second-order valence-electron chi connectivity index (χ2n) is 5.79. The molecule has 0 radical (unpaired) electrons. The van der Waals surface area contributed by atoms with Crippen molar-refractivity contribution in [2.24, 2.45) is 5.92 Å². The molecule has 1 aliphatic heterocycles. The fourth-order valence-electron chi connectivity index (χ4n) is 2.70. The largest absolute Gasteiger partial charge is 0.550 e. The molecule has 1 aromatic rings. The molecule has 0 aliphatic carbocycles. The maximum atomic E-state index is 12.7. The minimum atomic E-state index is -3.69.